The summed E-state index contributed by atoms with van der Waals surface area (Å²) in [5.74, 6) is 0. The molecule has 1 aliphatic rings. The van der Waals surface area contributed by atoms with Gasteiger partial charge >= 0.3 is 0 Å². The molecule has 17 heavy (non-hydrogen) atoms. The molecule has 1 aliphatic carbocycles. The molecule has 2 aromatic rings. The summed E-state index contributed by atoms with van der Waals surface area (Å²) in [7, 11) is 0. The number of aromatic nitrogens is 1. The van der Waals surface area contributed by atoms with Crippen LogP contribution in [-0.2, 0) is 20.1 Å². The number of pyridine rings is 1. The SMILES string of the molecule is CC(C)=C1c2ccc[c-]c2-c2ncccc21.[Ir]. The molecular weight excluding hydrogens is 386 g/mol. The summed E-state index contributed by atoms with van der Waals surface area (Å²) in [6, 6.07) is 13.6. The van der Waals surface area contributed by atoms with Gasteiger partial charge in [0.25, 0.3) is 0 Å². The number of hydrogen-bond donors (Lipinski definition) is 0. The summed E-state index contributed by atoms with van der Waals surface area (Å²) in [4.78, 5) is 4.47. The molecule has 1 heterocycles. The predicted molar refractivity (Wildman–Crippen MR) is 65.9 cm³/mol. The van der Waals surface area contributed by atoms with Crippen LogP contribution in [0.2, 0.25) is 0 Å². The minimum absolute atomic E-state index is 0. The molecule has 3 rings (SSSR count). The maximum absolute atomic E-state index is 4.47. The second kappa shape index (κ2) is 4.56. The van der Waals surface area contributed by atoms with Crippen LogP contribution in [-0.4, -0.2) is 4.98 Å². The van der Waals surface area contributed by atoms with Crippen LogP contribution in [0.1, 0.15) is 25.0 Å². The molecular formula is C15H12IrN-. The van der Waals surface area contributed by atoms with Gasteiger partial charge in [-0.25, -0.2) is 0 Å². The van der Waals surface area contributed by atoms with E-state index < -0.39 is 0 Å². The molecule has 1 nitrogen and oxygen atoms in total. The van der Waals surface area contributed by atoms with Gasteiger partial charge in [0.2, 0.25) is 0 Å². The van der Waals surface area contributed by atoms with E-state index in [-0.39, 0.29) is 20.1 Å². The van der Waals surface area contributed by atoms with Gasteiger partial charge < -0.3 is 4.98 Å². The first-order valence-electron chi connectivity index (χ1n) is 5.43. The number of nitrogens with zero attached hydrogens (tertiary/aromatic N) is 1. The molecule has 0 saturated carbocycles. The van der Waals surface area contributed by atoms with E-state index in [1.165, 1.54) is 22.3 Å². The van der Waals surface area contributed by atoms with E-state index in [4.69, 9.17) is 0 Å². The number of allylic oxidation sites excluding steroid dienone is 1. The van der Waals surface area contributed by atoms with Gasteiger partial charge in [-0.05, 0) is 31.2 Å². The first-order chi connectivity index (χ1) is 7.79. The topological polar surface area (TPSA) is 12.9 Å². The monoisotopic (exact) mass is 399 g/mol. The fraction of sp³-hybridized carbons (Fsp3) is 0.133. The van der Waals surface area contributed by atoms with Crippen LogP contribution >= 0.6 is 0 Å². The Kier molecular flexibility index (Phi) is 3.28. The predicted octanol–water partition coefficient (Wildman–Crippen LogP) is 3.70. The summed E-state index contributed by atoms with van der Waals surface area (Å²) in [5, 5.41) is 0. The Labute approximate surface area is 115 Å². The molecule has 1 radical (unpaired) electrons. The Hall–Kier alpha value is -1.24. The second-order valence-electron chi connectivity index (χ2n) is 4.23. The van der Waals surface area contributed by atoms with Gasteiger partial charge in [0, 0.05) is 26.3 Å². The first-order valence-corrected chi connectivity index (χ1v) is 5.43. The number of fused-ring (bicyclic) bond motifs is 3. The third kappa shape index (κ3) is 1.78. The van der Waals surface area contributed by atoms with Gasteiger partial charge in [-0.3, -0.25) is 0 Å². The molecule has 0 aliphatic heterocycles. The number of benzene rings is 1. The Morgan fingerprint density at radius 2 is 1.88 bits per heavy atom. The van der Waals surface area contributed by atoms with Gasteiger partial charge in [0.05, 0.1) is 0 Å². The third-order valence-electron chi connectivity index (χ3n) is 2.94. The van der Waals surface area contributed by atoms with E-state index in [0.29, 0.717) is 0 Å². The van der Waals surface area contributed by atoms with E-state index in [1.54, 1.807) is 0 Å². The fourth-order valence-corrected chi connectivity index (χ4v) is 2.33. The zero-order chi connectivity index (χ0) is 11.1. The maximum atomic E-state index is 4.47. The van der Waals surface area contributed by atoms with Crippen molar-refractivity contribution in [1.82, 2.24) is 4.98 Å². The minimum Gasteiger partial charge on any atom is -0.304 e. The third-order valence-corrected chi connectivity index (χ3v) is 2.94. The van der Waals surface area contributed by atoms with Crippen LogP contribution in [0.4, 0.5) is 0 Å². The average molecular weight is 398 g/mol. The first kappa shape index (κ1) is 12.2. The summed E-state index contributed by atoms with van der Waals surface area (Å²) < 4.78 is 0. The molecule has 0 fully saturated rings. The van der Waals surface area contributed by atoms with E-state index in [2.05, 4.69) is 37.0 Å². The summed E-state index contributed by atoms with van der Waals surface area (Å²) >= 11 is 0. The Morgan fingerprint density at radius 1 is 1.12 bits per heavy atom. The van der Waals surface area contributed by atoms with Crippen molar-refractivity contribution in [2.24, 2.45) is 0 Å². The number of hydrogen-bond acceptors (Lipinski definition) is 1. The van der Waals surface area contributed by atoms with Crippen molar-refractivity contribution >= 4 is 5.57 Å². The van der Waals surface area contributed by atoms with Crippen LogP contribution < -0.4 is 0 Å². The zero-order valence-corrected chi connectivity index (χ0v) is 12.1. The van der Waals surface area contributed by atoms with Gasteiger partial charge in [-0.1, -0.05) is 22.8 Å². The number of rotatable bonds is 0. The molecule has 1 aromatic heterocycles. The van der Waals surface area contributed by atoms with Crippen LogP contribution in [0, 0.1) is 6.07 Å². The molecule has 0 bridgehead atoms. The van der Waals surface area contributed by atoms with Crippen LogP contribution in [0.15, 0.2) is 42.1 Å². The van der Waals surface area contributed by atoms with Gasteiger partial charge in [-0.15, -0.1) is 29.8 Å². The summed E-state index contributed by atoms with van der Waals surface area (Å²) in [5.41, 5.74) is 7.34. The van der Waals surface area contributed by atoms with Gasteiger partial charge in [0.15, 0.2) is 0 Å². The normalized spacial score (nSPS) is 11.5. The largest absolute Gasteiger partial charge is 0.304 e. The smallest absolute Gasteiger partial charge is 0.0161 e. The van der Waals surface area contributed by atoms with Crippen molar-refractivity contribution in [2.75, 3.05) is 0 Å². The fourth-order valence-electron chi connectivity index (χ4n) is 2.33. The van der Waals surface area contributed by atoms with Crippen molar-refractivity contribution in [1.29, 1.82) is 0 Å². The van der Waals surface area contributed by atoms with E-state index in [1.807, 2.05) is 24.4 Å². The summed E-state index contributed by atoms with van der Waals surface area (Å²) in [6.45, 7) is 4.29. The average Bonchev–Trinajstić information content (AvgIpc) is 2.63. The van der Waals surface area contributed by atoms with Crippen LogP contribution in [0.5, 0.6) is 0 Å². The van der Waals surface area contributed by atoms with Crippen molar-refractivity contribution < 1.29 is 20.1 Å². The standard InChI is InChI=1S/C15H12N.Ir/c1-10(2)14-11-6-3-4-7-12(11)15-13(14)8-5-9-16-15;/h3-6,8-9H,1-2H3;/q-1;. The second-order valence-corrected chi connectivity index (χ2v) is 4.23. The molecule has 2 heteroatoms. The van der Waals surface area contributed by atoms with Crippen molar-refractivity contribution in [3.05, 3.63) is 59.3 Å². The van der Waals surface area contributed by atoms with E-state index in [9.17, 15) is 0 Å². The molecule has 0 amide bonds. The molecule has 0 N–H and O–H groups in total. The zero-order valence-electron chi connectivity index (χ0n) is 9.74. The molecule has 0 saturated heterocycles. The van der Waals surface area contributed by atoms with Crippen molar-refractivity contribution in [2.45, 2.75) is 13.8 Å². The van der Waals surface area contributed by atoms with E-state index >= 15 is 0 Å². The van der Waals surface area contributed by atoms with E-state index in [0.717, 1.165) is 11.3 Å². The molecule has 1 aromatic carbocycles. The molecule has 0 atom stereocenters. The molecule has 0 unspecified atom stereocenters. The van der Waals surface area contributed by atoms with Crippen LogP contribution in [0.3, 0.4) is 0 Å². The Bertz CT molecular complexity index is 548. The van der Waals surface area contributed by atoms with Crippen molar-refractivity contribution in [3.63, 3.8) is 0 Å². The summed E-state index contributed by atoms with van der Waals surface area (Å²) in [6.07, 6.45) is 1.84. The quantitative estimate of drug-likeness (QED) is 0.526. The van der Waals surface area contributed by atoms with Gasteiger partial charge in [0.1, 0.15) is 0 Å². The molecule has 0 spiro atoms. The van der Waals surface area contributed by atoms with Crippen molar-refractivity contribution in [3.8, 4) is 11.3 Å². The minimum atomic E-state index is 0. The Balaban J connectivity index is 0.00000108. The van der Waals surface area contributed by atoms with Gasteiger partial charge in [-0.2, -0.15) is 0 Å². The molecule has 87 valence electrons. The van der Waals surface area contributed by atoms with Crippen LogP contribution in [0.25, 0.3) is 16.8 Å². The maximum Gasteiger partial charge on any atom is 0.0161 e. The Morgan fingerprint density at radius 3 is 2.65 bits per heavy atom.